The molecule has 2 unspecified atom stereocenters. The molecule has 1 aromatic heterocycles. The third-order valence-corrected chi connectivity index (χ3v) is 4.67. The number of guanidine groups is 1. The van der Waals surface area contributed by atoms with Gasteiger partial charge in [0.15, 0.2) is 5.96 Å². The van der Waals surface area contributed by atoms with E-state index in [-0.39, 0.29) is 30.5 Å². The molecule has 0 saturated carbocycles. The van der Waals surface area contributed by atoms with Crippen LogP contribution in [0.2, 0.25) is 0 Å². The van der Waals surface area contributed by atoms with E-state index < -0.39 is 5.60 Å². The highest BCUT2D eigenvalue weighted by Crippen LogP contribution is 2.21. The number of aliphatic imine (C=N–C) groups is 1. The Labute approximate surface area is 174 Å². The van der Waals surface area contributed by atoms with E-state index in [1.54, 1.807) is 25.3 Å². The number of hydrogen-bond donors (Lipinski definition) is 3. The quantitative estimate of drug-likeness (QED) is 0.311. The second-order valence-corrected chi connectivity index (χ2v) is 7.02. The van der Waals surface area contributed by atoms with Crippen LogP contribution >= 0.6 is 24.0 Å². The Morgan fingerprint density at radius 1 is 1.35 bits per heavy atom. The molecule has 1 saturated heterocycles. The Hall–Kier alpha value is -0.840. The zero-order valence-corrected chi connectivity index (χ0v) is 18.7. The maximum absolute atomic E-state index is 10.5. The first kappa shape index (κ1) is 23.2. The summed E-state index contributed by atoms with van der Waals surface area (Å²) in [7, 11) is 2.17. The van der Waals surface area contributed by atoms with Crippen LogP contribution in [-0.2, 0) is 5.60 Å². The van der Waals surface area contributed by atoms with Crippen LogP contribution in [0.3, 0.4) is 0 Å². The molecule has 2 rings (SSSR count). The van der Waals surface area contributed by atoms with Gasteiger partial charge in [0.25, 0.3) is 0 Å². The third kappa shape index (κ3) is 7.05. The van der Waals surface area contributed by atoms with Gasteiger partial charge in [0, 0.05) is 45.3 Å². The molecular formula is C18H34IN5O2. The van der Waals surface area contributed by atoms with Crippen molar-refractivity contribution in [3.8, 4) is 0 Å². The lowest BCUT2D eigenvalue weighted by molar-refractivity contribution is 0.0436. The summed E-state index contributed by atoms with van der Waals surface area (Å²) in [5.41, 5.74) is -1.12. The van der Waals surface area contributed by atoms with E-state index in [0.717, 1.165) is 45.2 Å². The molecule has 2 atom stereocenters. The number of halogens is 1. The van der Waals surface area contributed by atoms with Crippen LogP contribution in [0.25, 0.3) is 0 Å². The smallest absolute Gasteiger partial charge is 0.191 e. The lowest BCUT2D eigenvalue weighted by atomic mass is 10.0. The maximum atomic E-state index is 10.5. The molecule has 0 radical (unpaired) electrons. The lowest BCUT2D eigenvalue weighted by Crippen LogP contribution is -2.52. The Kier molecular flexibility index (Phi) is 9.91. The van der Waals surface area contributed by atoms with Crippen LogP contribution in [0.4, 0.5) is 0 Å². The van der Waals surface area contributed by atoms with Gasteiger partial charge in [-0.1, -0.05) is 0 Å². The summed E-state index contributed by atoms with van der Waals surface area (Å²) in [4.78, 5) is 9.38. The topological polar surface area (TPSA) is 76.3 Å². The molecule has 1 aromatic rings. The number of rotatable bonds is 7. The Bertz CT molecular complexity index is 528. The summed E-state index contributed by atoms with van der Waals surface area (Å²) in [6, 6.07) is 3.98. The van der Waals surface area contributed by atoms with Gasteiger partial charge < -0.3 is 25.1 Å². The van der Waals surface area contributed by atoms with E-state index in [1.807, 2.05) is 6.92 Å². The lowest BCUT2D eigenvalue weighted by Gasteiger charge is -2.36. The zero-order chi connectivity index (χ0) is 18.3. The summed E-state index contributed by atoms with van der Waals surface area (Å²) in [5, 5.41) is 17.2. The number of hydrogen-bond acceptors (Lipinski definition) is 5. The van der Waals surface area contributed by atoms with Crippen molar-refractivity contribution in [1.82, 2.24) is 20.4 Å². The number of furan rings is 1. The minimum absolute atomic E-state index is 0. The van der Waals surface area contributed by atoms with E-state index in [4.69, 9.17) is 4.42 Å². The van der Waals surface area contributed by atoms with E-state index in [0.29, 0.717) is 11.8 Å². The van der Waals surface area contributed by atoms with Gasteiger partial charge in [0.1, 0.15) is 11.4 Å². The molecule has 1 aliphatic heterocycles. The standard InChI is InChI=1S/C18H33N5O2.HI/c1-5-19-17(21-14-18(3,24)16-7-6-12-25-16)20-13-15(2)23-10-8-22(4)9-11-23;/h6-7,12,15,24H,5,8-11,13-14H2,1-4H3,(H2,19,20,21);1H. The van der Waals surface area contributed by atoms with Gasteiger partial charge in [-0.25, -0.2) is 4.99 Å². The van der Waals surface area contributed by atoms with Crippen molar-refractivity contribution in [3.05, 3.63) is 24.2 Å². The molecule has 0 aliphatic carbocycles. The summed E-state index contributed by atoms with van der Waals surface area (Å²) < 4.78 is 5.31. The Balaban J connectivity index is 0.00000338. The molecule has 1 aliphatic rings. The highest BCUT2D eigenvalue weighted by atomic mass is 127. The second kappa shape index (κ2) is 11.1. The number of aliphatic hydroxyl groups is 1. The molecule has 0 spiro atoms. The number of nitrogens with zero attached hydrogens (tertiary/aromatic N) is 3. The Morgan fingerprint density at radius 2 is 2.04 bits per heavy atom. The number of nitrogens with one attached hydrogen (secondary N) is 2. The zero-order valence-electron chi connectivity index (χ0n) is 16.4. The molecule has 8 heteroatoms. The minimum Gasteiger partial charge on any atom is -0.466 e. The molecule has 0 aromatic carbocycles. The highest BCUT2D eigenvalue weighted by molar-refractivity contribution is 14.0. The van der Waals surface area contributed by atoms with E-state index in [9.17, 15) is 5.11 Å². The summed E-state index contributed by atoms with van der Waals surface area (Å²) in [6.45, 7) is 12.2. The van der Waals surface area contributed by atoms with Gasteiger partial charge in [-0.15, -0.1) is 24.0 Å². The van der Waals surface area contributed by atoms with E-state index >= 15 is 0 Å². The molecular weight excluding hydrogens is 445 g/mol. The van der Waals surface area contributed by atoms with Gasteiger partial charge >= 0.3 is 0 Å². The normalized spacial score (nSPS) is 20.1. The average Bonchev–Trinajstić information content (AvgIpc) is 3.13. The molecule has 3 N–H and O–H groups in total. The predicted octanol–water partition coefficient (Wildman–Crippen LogP) is 1.30. The SMILES string of the molecule is CCNC(=NCC(C)(O)c1ccco1)NCC(C)N1CCN(C)CC1.I. The van der Waals surface area contributed by atoms with Crippen molar-refractivity contribution >= 4 is 29.9 Å². The summed E-state index contributed by atoms with van der Waals surface area (Å²) in [5.74, 6) is 1.24. The fourth-order valence-corrected chi connectivity index (χ4v) is 2.87. The van der Waals surface area contributed by atoms with Crippen molar-refractivity contribution in [1.29, 1.82) is 0 Å². The Morgan fingerprint density at radius 3 is 2.62 bits per heavy atom. The first-order valence-corrected chi connectivity index (χ1v) is 9.13. The van der Waals surface area contributed by atoms with Gasteiger partial charge in [-0.3, -0.25) is 4.90 Å². The van der Waals surface area contributed by atoms with Gasteiger partial charge in [0.2, 0.25) is 0 Å². The van der Waals surface area contributed by atoms with Crippen molar-refractivity contribution < 1.29 is 9.52 Å². The van der Waals surface area contributed by atoms with Gasteiger partial charge in [-0.2, -0.15) is 0 Å². The van der Waals surface area contributed by atoms with Crippen LogP contribution in [0.15, 0.2) is 27.8 Å². The summed E-state index contributed by atoms with van der Waals surface area (Å²) in [6.07, 6.45) is 1.56. The van der Waals surface area contributed by atoms with Gasteiger partial charge in [-0.05, 0) is 40.0 Å². The first-order valence-electron chi connectivity index (χ1n) is 9.13. The molecule has 0 amide bonds. The second-order valence-electron chi connectivity index (χ2n) is 7.02. The highest BCUT2D eigenvalue weighted by Gasteiger charge is 2.26. The largest absolute Gasteiger partial charge is 0.466 e. The van der Waals surface area contributed by atoms with Crippen LogP contribution in [-0.4, -0.2) is 79.8 Å². The summed E-state index contributed by atoms with van der Waals surface area (Å²) >= 11 is 0. The monoisotopic (exact) mass is 479 g/mol. The van der Waals surface area contributed by atoms with Gasteiger partial charge in [0.05, 0.1) is 12.8 Å². The molecule has 150 valence electrons. The van der Waals surface area contributed by atoms with Crippen LogP contribution in [0.1, 0.15) is 26.5 Å². The van der Waals surface area contributed by atoms with Crippen LogP contribution in [0, 0.1) is 0 Å². The molecule has 26 heavy (non-hydrogen) atoms. The van der Waals surface area contributed by atoms with Crippen molar-refractivity contribution in [2.45, 2.75) is 32.4 Å². The molecule has 2 heterocycles. The molecule has 1 fully saturated rings. The fraction of sp³-hybridized carbons (Fsp3) is 0.722. The third-order valence-electron chi connectivity index (χ3n) is 4.67. The number of likely N-dealkylation sites (N-methyl/N-ethyl adjacent to an activating group) is 1. The maximum Gasteiger partial charge on any atom is 0.191 e. The van der Waals surface area contributed by atoms with Crippen molar-refractivity contribution in [2.75, 3.05) is 52.9 Å². The fourth-order valence-electron chi connectivity index (χ4n) is 2.87. The van der Waals surface area contributed by atoms with E-state index in [1.165, 1.54) is 0 Å². The molecule has 7 nitrogen and oxygen atoms in total. The predicted molar refractivity (Wildman–Crippen MR) is 116 cm³/mol. The van der Waals surface area contributed by atoms with E-state index in [2.05, 4.69) is 39.4 Å². The average molecular weight is 479 g/mol. The van der Waals surface area contributed by atoms with Crippen molar-refractivity contribution in [2.24, 2.45) is 4.99 Å². The minimum atomic E-state index is -1.12. The van der Waals surface area contributed by atoms with Crippen molar-refractivity contribution in [3.63, 3.8) is 0 Å². The molecule has 0 bridgehead atoms. The first-order chi connectivity index (χ1) is 11.9. The van der Waals surface area contributed by atoms with Crippen LogP contribution in [0.5, 0.6) is 0 Å². The van der Waals surface area contributed by atoms with Crippen LogP contribution < -0.4 is 10.6 Å². The number of piperazine rings is 1.